The minimum atomic E-state index is -4.92. The lowest BCUT2D eigenvalue weighted by Crippen LogP contribution is -2.29. The van der Waals surface area contributed by atoms with Gasteiger partial charge in [-0.1, -0.05) is 24.4 Å². The predicted molar refractivity (Wildman–Crippen MR) is 100 cm³/mol. The van der Waals surface area contributed by atoms with Gasteiger partial charge in [-0.15, -0.1) is 0 Å². The molecule has 0 aliphatic heterocycles. The van der Waals surface area contributed by atoms with E-state index in [9.17, 15) is 26.7 Å². The minimum absolute atomic E-state index is 0.0336. The van der Waals surface area contributed by atoms with E-state index in [1.54, 1.807) is 0 Å². The van der Waals surface area contributed by atoms with Gasteiger partial charge in [-0.25, -0.2) is 22.6 Å². The van der Waals surface area contributed by atoms with Gasteiger partial charge in [0, 0.05) is 11.1 Å². The zero-order valence-electron chi connectivity index (χ0n) is 14.1. The van der Waals surface area contributed by atoms with Crippen molar-refractivity contribution in [2.24, 2.45) is 0 Å². The number of carbonyl (C=O) groups excluding carboxylic acids is 1. The molecule has 5 nitrogen and oxygen atoms in total. The predicted octanol–water partition coefficient (Wildman–Crippen LogP) is 5.71. The van der Waals surface area contributed by atoms with Crippen LogP contribution in [-0.2, 0) is 6.18 Å². The van der Waals surface area contributed by atoms with E-state index >= 15 is 0 Å². The summed E-state index contributed by atoms with van der Waals surface area (Å²) in [4.78, 5) is 12.3. The molecule has 12 heteroatoms. The summed E-state index contributed by atoms with van der Waals surface area (Å²) < 4.78 is 68.8. The lowest BCUT2D eigenvalue weighted by atomic mass is 10.3. The summed E-state index contributed by atoms with van der Waals surface area (Å²) in [7, 11) is 0. The summed E-state index contributed by atoms with van der Waals surface area (Å²) in [5.41, 5.74) is -2.55. The number of amides is 2. The number of halogens is 6. The van der Waals surface area contributed by atoms with Gasteiger partial charge >= 0.3 is 12.2 Å². The molecule has 1 aromatic heterocycles. The molecule has 29 heavy (non-hydrogen) atoms. The van der Waals surface area contributed by atoms with Crippen molar-refractivity contribution in [2.75, 3.05) is 9.62 Å². The normalized spacial score (nSPS) is 11.4. The number of carbonyl (C=O) groups is 1. The Bertz CT molecular complexity index is 1050. The lowest BCUT2D eigenvalue weighted by Gasteiger charge is -2.19. The van der Waals surface area contributed by atoms with Crippen LogP contribution in [0.15, 0.2) is 48.7 Å². The number of nitrogens with one attached hydrogen (secondary N) is 1. The Morgan fingerprint density at radius 3 is 2.41 bits per heavy atom. The number of aromatic nitrogens is 2. The molecule has 0 spiro atoms. The first kappa shape index (κ1) is 20.9. The second kappa shape index (κ2) is 7.91. The lowest BCUT2D eigenvalue weighted by molar-refractivity contribution is -0.142. The fourth-order valence-corrected chi connectivity index (χ4v) is 2.73. The molecule has 0 saturated heterocycles. The van der Waals surface area contributed by atoms with Gasteiger partial charge < -0.3 is 5.32 Å². The van der Waals surface area contributed by atoms with E-state index in [1.807, 2.05) is 5.32 Å². The van der Waals surface area contributed by atoms with Gasteiger partial charge in [-0.2, -0.15) is 18.3 Å². The van der Waals surface area contributed by atoms with E-state index in [2.05, 4.69) is 17.9 Å². The van der Waals surface area contributed by atoms with Gasteiger partial charge in [-0.05, 0) is 36.4 Å². The molecular weight excluding hydrogens is 439 g/mol. The van der Waals surface area contributed by atoms with Crippen LogP contribution in [0.5, 0.6) is 0 Å². The maximum atomic E-state index is 13.7. The fourth-order valence-electron chi connectivity index (χ4n) is 2.41. The Morgan fingerprint density at radius 1 is 1.14 bits per heavy atom. The minimum Gasteiger partial charge on any atom is -0.304 e. The highest BCUT2D eigenvalue weighted by Crippen LogP contribution is 2.39. The molecule has 0 saturated carbocycles. The van der Waals surface area contributed by atoms with Crippen LogP contribution in [0.1, 0.15) is 5.69 Å². The second-order valence-corrected chi connectivity index (χ2v) is 6.47. The van der Waals surface area contributed by atoms with Crippen molar-refractivity contribution >= 4 is 41.8 Å². The summed E-state index contributed by atoms with van der Waals surface area (Å²) in [5.74, 6) is -1.83. The average molecular weight is 449 g/mol. The van der Waals surface area contributed by atoms with E-state index in [0.29, 0.717) is 20.1 Å². The summed E-state index contributed by atoms with van der Waals surface area (Å²) >= 11 is 9.52. The first-order valence-electron chi connectivity index (χ1n) is 7.74. The number of thiol groups is 1. The van der Waals surface area contributed by atoms with Crippen LogP contribution >= 0.6 is 24.4 Å². The smallest absolute Gasteiger partial charge is 0.304 e. The highest BCUT2D eigenvalue weighted by Gasteiger charge is 2.41. The fraction of sp³-hybridized carbons (Fsp3) is 0.0588. The van der Waals surface area contributed by atoms with E-state index in [1.165, 1.54) is 24.3 Å². The van der Waals surface area contributed by atoms with Crippen molar-refractivity contribution in [1.29, 1.82) is 0 Å². The molecule has 0 aliphatic rings. The maximum absolute atomic E-state index is 13.7. The Labute approximate surface area is 171 Å². The van der Waals surface area contributed by atoms with Crippen LogP contribution in [-0.4, -0.2) is 15.8 Å². The van der Waals surface area contributed by atoms with Gasteiger partial charge in [0.05, 0.1) is 17.6 Å². The summed E-state index contributed by atoms with van der Waals surface area (Å²) in [6.45, 7) is 0. The number of alkyl halides is 3. The van der Waals surface area contributed by atoms with E-state index in [4.69, 9.17) is 11.6 Å². The van der Waals surface area contributed by atoms with Crippen LogP contribution < -0.4 is 9.62 Å². The van der Waals surface area contributed by atoms with Crippen molar-refractivity contribution < 1.29 is 26.7 Å². The van der Waals surface area contributed by atoms with Gasteiger partial charge in [0.2, 0.25) is 0 Å². The third-order valence-electron chi connectivity index (χ3n) is 3.68. The van der Waals surface area contributed by atoms with E-state index < -0.39 is 40.9 Å². The van der Waals surface area contributed by atoms with Crippen molar-refractivity contribution in [2.45, 2.75) is 6.18 Å². The molecule has 0 fully saturated rings. The van der Waals surface area contributed by atoms with Crippen molar-refractivity contribution in [3.8, 4) is 5.69 Å². The van der Waals surface area contributed by atoms with Crippen LogP contribution in [0, 0.1) is 11.6 Å². The molecule has 0 radical (unpaired) electrons. The number of urea groups is 1. The van der Waals surface area contributed by atoms with Crippen LogP contribution in [0.4, 0.5) is 38.1 Å². The number of hydrogen-bond donors (Lipinski definition) is 2. The van der Waals surface area contributed by atoms with Gasteiger partial charge in [0.15, 0.2) is 5.69 Å². The number of hydrogen-bond acceptors (Lipinski definition) is 3. The van der Waals surface area contributed by atoms with Crippen molar-refractivity contribution in [3.63, 3.8) is 0 Å². The van der Waals surface area contributed by atoms with Gasteiger partial charge in [0.25, 0.3) is 0 Å². The zero-order chi connectivity index (χ0) is 21.3. The van der Waals surface area contributed by atoms with Gasteiger partial charge in [-0.3, -0.25) is 0 Å². The van der Waals surface area contributed by atoms with Crippen molar-refractivity contribution in [3.05, 3.63) is 71.0 Å². The molecule has 3 rings (SSSR count). The molecule has 0 aliphatic carbocycles. The molecule has 1 N–H and O–H groups in total. The molecule has 0 atom stereocenters. The van der Waals surface area contributed by atoms with Crippen LogP contribution in [0.2, 0.25) is 5.02 Å². The second-order valence-electron chi connectivity index (χ2n) is 5.63. The number of anilines is 2. The Hall–Kier alpha value is -2.79. The molecule has 0 unspecified atom stereocenters. The first-order chi connectivity index (χ1) is 13.6. The summed E-state index contributed by atoms with van der Waals surface area (Å²) in [5, 5.41) is 5.94. The van der Waals surface area contributed by atoms with Crippen LogP contribution in [0.25, 0.3) is 5.69 Å². The quantitative estimate of drug-likeness (QED) is 0.398. The monoisotopic (exact) mass is 448 g/mol. The van der Waals surface area contributed by atoms with E-state index in [0.717, 1.165) is 18.3 Å². The molecule has 2 aromatic carbocycles. The highest BCUT2D eigenvalue weighted by atomic mass is 35.5. The maximum Gasteiger partial charge on any atom is 0.435 e. The molecule has 0 bridgehead atoms. The standard InChI is InChI=1S/C17H10ClF5N4OS/c18-9-1-4-11(5-2-9)26-15(17(21,22)23)14(8-24-26)27(29)16(28)25-13-7-10(19)3-6-12(13)20/h1-8,29H,(H,25,28). The largest absolute Gasteiger partial charge is 0.435 e. The Kier molecular flexibility index (Phi) is 5.71. The summed E-state index contributed by atoms with van der Waals surface area (Å²) in [6.07, 6.45) is -4.15. The SMILES string of the molecule is O=C(Nc1cc(F)ccc1F)N(S)c1cnn(-c2ccc(Cl)cc2)c1C(F)(F)F. The van der Waals surface area contributed by atoms with E-state index in [-0.39, 0.29) is 5.69 Å². The number of benzene rings is 2. The molecule has 2 amide bonds. The zero-order valence-corrected chi connectivity index (χ0v) is 15.7. The highest BCUT2D eigenvalue weighted by molar-refractivity contribution is 7.82. The first-order valence-corrected chi connectivity index (χ1v) is 8.52. The Morgan fingerprint density at radius 2 is 1.79 bits per heavy atom. The molecular formula is C17H10ClF5N4OS. The topological polar surface area (TPSA) is 50.2 Å². The van der Waals surface area contributed by atoms with Gasteiger partial charge in [0.1, 0.15) is 17.3 Å². The number of nitrogens with zero attached hydrogens (tertiary/aromatic N) is 3. The number of rotatable bonds is 3. The third kappa shape index (κ3) is 4.46. The average Bonchev–Trinajstić information content (AvgIpc) is 3.10. The molecule has 152 valence electrons. The van der Waals surface area contributed by atoms with Crippen LogP contribution in [0.3, 0.4) is 0 Å². The molecule has 1 heterocycles. The Balaban J connectivity index is 1.98. The molecule has 3 aromatic rings. The third-order valence-corrected chi connectivity index (χ3v) is 4.33. The van der Waals surface area contributed by atoms with Crippen molar-refractivity contribution in [1.82, 2.24) is 9.78 Å². The summed E-state index contributed by atoms with van der Waals surface area (Å²) in [6, 6.07) is 6.36.